The highest BCUT2D eigenvalue weighted by atomic mass is 16.8. The summed E-state index contributed by atoms with van der Waals surface area (Å²) in [6.45, 7) is 3.93. The Morgan fingerprint density at radius 1 is 1.29 bits per heavy atom. The van der Waals surface area contributed by atoms with Crippen molar-refractivity contribution in [2.75, 3.05) is 13.7 Å². The lowest BCUT2D eigenvalue weighted by molar-refractivity contribution is -0.282. The third-order valence-corrected chi connectivity index (χ3v) is 4.24. The molecule has 0 aromatic rings. The average molecular weight is 244 g/mol. The number of hydrogen-bond acceptors (Lipinski definition) is 5. The molecule has 0 radical (unpaired) electrons. The Hall–Kier alpha value is -0.200. The molecule has 3 fully saturated rings. The van der Waals surface area contributed by atoms with E-state index in [2.05, 4.69) is 0 Å². The van der Waals surface area contributed by atoms with Gasteiger partial charge in [0.25, 0.3) is 0 Å². The van der Waals surface area contributed by atoms with Gasteiger partial charge in [0, 0.05) is 19.6 Å². The van der Waals surface area contributed by atoms with E-state index in [0.717, 1.165) is 12.8 Å². The lowest BCUT2D eigenvalue weighted by Gasteiger charge is -2.48. The Labute approximate surface area is 101 Å². The van der Waals surface area contributed by atoms with Gasteiger partial charge < -0.3 is 24.1 Å². The topological polar surface area (TPSA) is 57.2 Å². The molecule has 3 unspecified atom stereocenters. The van der Waals surface area contributed by atoms with Crippen LogP contribution in [-0.2, 0) is 18.9 Å². The third-order valence-electron chi connectivity index (χ3n) is 4.24. The molecule has 98 valence electrons. The maximum atomic E-state index is 9.40. The minimum absolute atomic E-state index is 0.128. The van der Waals surface area contributed by atoms with Crippen molar-refractivity contribution in [1.29, 1.82) is 0 Å². The molecule has 3 rings (SSSR count). The molecule has 0 bridgehead atoms. The summed E-state index contributed by atoms with van der Waals surface area (Å²) in [4.78, 5) is 0. The van der Waals surface area contributed by atoms with Crippen LogP contribution in [0, 0.1) is 5.92 Å². The van der Waals surface area contributed by atoms with Crippen molar-refractivity contribution in [3.63, 3.8) is 0 Å². The van der Waals surface area contributed by atoms with E-state index in [1.165, 1.54) is 0 Å². The van der Waals surface area contributed by atoms with Crippen molar-refractivity contribution >= 4 is 0 Å². The van der Waals surface area contributed by atoms with Gasteiger partial charge >= 0.3 is 0 Å². The molecule has 3 aliphatic rings. The number of aliphatic hydroxyl groups excluding tert-OH is 1. The van der Waals surface area contributed by atoms with Gasteiger partial charge in [-0.15, -0.1) is 0 Å². The van der Waals surface area contributed by atoms with Gasteiger partial charge in [0.05, 0.1) is 0 Å². The molecular formula is C12H20O5. The average Bonchev–Trinajstić information content (AvgIpc) is 2.69. The van der Waals surface area contributed by atoms with E-state index in [4.69, 9.17) is 18.9 Å². The summed E-state index contributed by atoms with van der Waals surface area (Å²) >= 11 is 0. The molecule has 5 nitrogen and oxygen atoms in total. The van der Waals surface area contributed by atoms with Crippen molar-refractivity contribution < 1.29 is 24.1 Å². The molecule has 1 saturated carbocycles. The second kappa shape index (κ2) is 3.65. The van der Waals surface area contributed by atoms with E-state index in [9.17, 15) is 5.11 Å². The van der Waals surface area contributed by atoms with Crippen LogP contribution in [0.5, 0.6) is 0 Å². The van der Waals surface area contributed by atoms with Gasteiger partial charge in [-0.05, 0) is 26.7 Å². The highest BCUT2D eigenvalue weighted by Gasteiger charge is 2.68. The van der Waals surface area contributed by atoms with Crippen LogP contribution in [0.2, 0.25) is 0 Å². The minimum atomic E-state index is -0.599. The molecule has 0 aromatic carbocycles. The Kier molecular flexibility index (Phi) is 2.55. The summed E-state index contributed by atoms with van der Waals surface area (Å²) in [5, 5.41) is 9.40. The standard InChI is InChI=1S/C12H20O5/c1-11(2)15-8-9(16-11)12(17-10(8)14-3)5-4-7(12)6-13/h7-10,13H,4-6H2,1-3H3/t7-,8?,9?,10?,12+/m0/s1. The molecule has 1 aliphatic carbocycles. The lowest BCUT2D eigenvalue weighted by Crippen LogP contribution is -2.57. The van der Waals surface area contributed by atoms with Crippen molar-refractivity contribution in [3.8, 4) is 0 Å². The Balaban J connectivity index is 1.88. The number of hydrogen-bond donors (Lipinski definition) is 1. The predicted octanol–water partition coefficient (Wildman–Crippen LogP) is 0.650. The first-order valence-corrected chi connectivity index (χ1v) is 6.19. The Morgan fingerprint density at radius 3 is 2.59 bits per heavy atom. The van der Waals surface area contributed by atoms with Crippen LogP contribution < -0.4 is 0 Å². The van der Waals surface area contributed by atoms with E-state index in [1.54, 1.807) is 7.11 Å². The molecule has 0 aromatic heterocycles. The molecule has 1 spiro atoms. The zero-order valence-corrected chi connectivity index (χ0v) is 10.5. The molecular weight excluding hydrogens is 224 g/mol. The predicted molar refractivity (Wildman–Crippen MR) is 58.2 cm³/mol. The third kappa shape index (κ3) is 1.50. The molecule has 2 saturated heterocycles. The van der Waals surface area contributed by atoms with E-state index >= 15 is 0 Å². The largest absolute Gasteiger partial charge is 0.396 e. The van der Waals surface area contributed by atoms with Crippen LogP contribution in [0.15, 0.2) is 0 Å². The Bertz CT molecular complexity index is 316. The van der Waals surface area contributed by atoms with Gasteiger partial charge in [0.15, 0.2) is 12.1 Å². The van der Waals surface area contributed by atoms with Crippen molar-refractivity contribution in [3.05, 3.63) is 0 Å². The monoisotopic (exact) mass is 244 g/mol. The second-order valence-electron chi connectivity index (χ2n) is 5.62. The minimum Gasteiger partial charge on any atom is -0.396 e. The fraction of sp³-hybridized carbons (Fsp3) is 1.00. The van der Waals surface area contributed by atoms with Gasteiger partial charge in [0.2, 0.25) is 0 Å². The molecule has 17 heavy (non-hydrogen) atoms. The molecule has 2 heterocycles. The van der Waals surface area contributed by atoms with Crippen molar-refractivity contribution in [1.82, 2.24) is 0 Å². The fourth-order valence-corrected chi connectivity index (χ4v) is 3.31. The van der Waals surface area contributed by atoms with Crippen molar-refractivity contribution in [2.24, 2.45) is 5.92 Å². The quantitative estimate of drug-likeness (QED) is 0.773. The highest BCUT2D eigenvalue weighted by molar-refractivity contribution is 5.13. The highest BCUT2D eigenvalue weighted by Crippen LogP contribution is 2.55. The van der Waals surface area contributed by atoms with E-state index in [-0.39, 0.29) is 24.7 Å². The maximum Gasteiger partial charge on any atom is 0.186 e. The SMILES string of the molecule is COC1O[C@@]2(CC[C@H]2CO)C2OC(C)(C)OC12. The molecule has 1 N–H and O–H groups in total. The first-order chi connectivity index (χ1) is 8.02. The first-order valence-electron chi connectivity index (χ1n) is 6.19. The fourth-order valence-electron chi connectivity index (χ4n) is 3.31. The number of rotatable bonds is 2. The van der Waals surface area contributed by atoms with Gasteiger partial charge in [-0.2, -0.15) is 0 Å². The van der Waals surface area contributed by atoms with Gasteiger partial charge in [-0.3, -0.25) is 0 Å². The van der Waals surface area contributed by atoms with Crippen LogP contribution in [0.1, 0.15) is 26.7 Å². The van der Waals surface area contributed by atoms with E-state index in [0.29, 0.717) is 0 Å². The number of methoxy groups -OCH3 is 1. The zero-order chi connectivity index (χ0) is 12.3. The summed E-state index contributed by atoms with van der Waals surface area (Å²) in [6.07, 6.45) is 1.16. The smallest absolute Gasteiger partial charge is 0.186 e. The Morgan fingerprint density at radius 2 is 2.06 bits per heavy atom. The molecule has 0 amide bonds. The summed E-state index contributed by atoms with van der Waals surface area (Å²) in [7, 11) is 1.61. The van der Waals surface area contributed by atoms with Crippen LogP contribution in [0.4, 0.5) is 0 Å². The molecule has 5 atom stereocenters. The number of fused-ring (bicyclic) bond motifs is 2. The molecule has 5 heteroatoms. The van der Waals surface area contributed by atoms with Crippen LogP contribution in [0.25, 0.3) is 0 Å². The summed E-state index contributed by atoms with van der Waals surface area (Å²) < 4.78 is 23.1. The number of aliphatic hydroxyl groups is 1. The van der Waals surface area contributed by atoms with Crippen LogP contribution in [-0.4, -0.2) is 48.7 Å². The summed E-state index contributed by atoms with van der Waals surface area (Å²) in [5.41, 5.74) is -0.409. The zero-order valence-electron chi connectivity index (χ0n) is 10.5. The van der Waals surface area contributed by atoms with Gasteiger partial charge in [0.1, 0.15) is 17.8 Å². The van der Waals surface area contributed by atoms with Crippen LogP contribution >= 0.6 is 0 Å². The van der Waals surface area contributed by atoms with E-state index in [1.807, 2.05) is 13.8 Å². The molecule has 2 aliphatic heterocycles. The van der Waals surface area contributed by atoms with Crippen LogP contribution in [0.3, 0.4) is 0 Å². The normalized spacial score (nSPS) is 51.5. The first kappa shape index (κ1) is 11.9. The van der Waals surface area contributed by atoms with Gasteiger partial charge in [-0.1, -0.05) is 0 Å². The second-order valence-corrected chi connectivity index (χ2v) is 5.62. The summed E-state index contributed by atoms with van der Waals surface area (Å²) in [5.74, 6) is -0.467. The van der Waals surface area contributed by atoms with Gasteiger partial charge in [-0.25, -0.2) is 0 Å². The maximum absolute atomic E-state index is 9.40. The number of ether oxygens (including phenoxy) is 4. The lowest BCUT2D eigenvalue weighted by atomic mass is 9.66. The van der Waals surface area contributed by atoms with Crippen molar-refractivity contribution in [2.45, 2.75) is 56.6 Å². The van der Waals surface area contributed by atoms with E-state index < -0.39 is 17.7 Å². The summed E-state index contributed by atoms with van der Waals surface area (Å²) in [6, 6.07) is 0.